The second kappa shape index (κ2) is 5.61. The molecule has 0 bridgehead atoms. The normalized spacial score (nSPS) is 19.4. The Labute approximate surface area is 115 Å². The fourth-order valence-corrected chi connectivity index (χ4v) is 2.68. The summed E-state index contributed by atoms with van der Waals surface area (Å²) in [5.41, 5.74) is 3.41. The molecular weight excluding hydrogens is 238 g/mol. The van der Waals surface area contributed by atoms with Crippen LogP contribution in [0.2, 0.25) is 0 Å². The molecule has 1 saturated heterocycles. The molecule has 1 aliphatic rings. The molecule has 0 spiro atoms. The molecule has 1 unspecified atom stereocenters. The Morgan fingerprint density at radius 2 is 1.89 bits per heavy atom. The van der Waals surface area contributed by atoms with Crippen LogP contribution in [0.5, 0.6) is 0 Å². The smallest absolute Gasteiger partial charge is 0.323 e. The average Bonchev–Trinajstić information content (AvgIpc) is 2.63. The van der Waals surface area contributed by atoms with E-state index in [0.717, 1.165) is 25.2 Å². The number of anilines is 1. The molecule has 1 fully saturated rings. The molecule has 1 aromatic carbocycles. The maximum absolute atomic E-state index is 12.3. The number of nitrogens with zero attached hydrogens (tertiary/aromatic N) is 2. The Balaban J connectivity index is 2.19. The number of hydrogen-bond donors (Lipinski definition) is 1. The van der Waals surface area contributed by atoms with Crippen molar-refractivity contribution in [1.29, 1.82) is 0 Å². The molecule has 4 heteroatoms. The first-order valence-electron chi connectivity index (χ1n) is 6.80. The summed E-state index contributed by atoms with van der Waals surface area (Å²) in [6.45, 7) is 5.85. The van der Waals surface area contributed by atoms with Crippen LogP contribution >= 0.6 is 0 Å². The number of nitrogens with one attached hydrogen (secondary N) is 1. The van der Waals surface area contributed by atoms with Gasteiger partial charge >= 0.3 is 6.03 Å². The van der Waals surface area contributed by atoms with E-state index in [1.54, 1.807) is 0 Å². The first-order valence-corrected chi connectivity index (χ1v) is 6.80. The number of carbonyl (C=O) groups is 1. The molecular formula is C15H23N3O. The summed E-state index contributed by atoms with van der Waals surface area (Å²) in [7, 11) is 3.84. The molecule has 1 aromatic rings. The first-order chi connectivity index (χ1) is 9.02. The number of benzene rings is 1. The van der Waals surface area contributed by atoms with Gasteiger partial charge in [-0.1, -0.05) is 6.07 Å². The van der Waals surface area contributed by atoms with Crippen LogP contribution in [-0.2, 0) is 0 Å². The lowest BCUT2D eigenvalue weighted by atomic mass is 10.1. The molecule has 1 N–H and O–H groups in total. The third kappa shape index (κ3) is 2.89. The number of aryl methyl sites for hydroxylation is 2. The van der Waals surface area contributed by atoms with Crippen molar-refractivity contribution in [2.45, 2.75) is 26.3 Å². The monoisotopic (exact) mass is 261 g/mol. The van der Waals surface area contributed by atoms with Gasteiger partial charge in [-0.2, -0.15) is 0 Å². The number of rotatable bonds is 4. The van der Waals surface area contributed by atoms with E-state index in [9.17, 15) is 4.79 Å². The summed E-state index contributed by atoms with van der Waals surface area (Å²) in [5, 5.41) is 3.15. The van der Waals surface area contributed by atoms with Gasteiger partial charge in [0.15, 0.2) is 0 Å². The summed E-state index contributed by atoms with van der Waals surface area (Å²) < 4.78 is 0. The summed E-state index contributed by atoms with van der Waals surface area (Å²) >= 11 is 0. The molecule has 1 atom stereocenters. The van der Waals surface area contributed by atoms with E-state index in [0.29, 0.717) is 6.04 Å². The van der Waals surface area contributed by atoms with Crippen molar-refractivity contribution in [2.24, 2.45) is 0 Å². The predicted octanol–water partition coefficient (Wildman–Crippen LogP) is 2.15. The lowest BCUT2D eigenvalue weighted by molar-refractivity contribution is 0.217. The zero-order valence-corrected chi connectivity index (χ0v) is 12.2. The van der Waals surface area contributed by atoms with Crippen molar-refractivity contribution in [3.8, 4) is 0 Å². The fourth-order valence-electron chi connectivity index (χ4n) is 2.68. The van der Waals surface area contributed by atoms with Gasteiger partial charge in [0, 0.05) is 19.3 Å². The fraction of sp³-hybridized carbons (Fsp3) is 0.533. The predicted molar refractivity (Wildman–Crippen MR) is 78.8 cm³/mol. The van der Waals surface area contributed by atoms with Gasteiger partial charge in [-0.25, -0.2) is 4.79 Å². The highest BCUT2D eigenvalue weighted by molar-refractivity contribution is 5.94. The lowest BCUT2D eigenvalue weighted by Crippen LogP contribution is -2.32. The van der Waals surface area contributed by atoms with Gasteiger partial charge in [-0.15, -0.1) is 0 Å². The van der Waals surface area contributed by atoms with Crippen molar-refractivity contribution < 1.29 is 4.79 Å². The molecule has 1 heterocycles. The number of carbonyl (C=O) groups excluding carboxylic acids is 1. The second-order valence-corrected chi connectivity index (χ2v) is 5.40. The molecule has 0 saturated carbocycles. The average molecular weight is 261 g/mol. The largest absolute Gasteiger partial charge is 0.324 e. The Morgan fingerprint density at radius 1 is 1.26 bits per heavy atom. The van der Waals surface area contributed by atoms with Crippen LogP contribution < -0.4 is 10.2 Å². The van der Waals surface area contributed by atoms with Gasteiger partial charge < -0.3 is 10.2 Å². The van der Waals surface area contributed by atoms with Gasteiger partial charge in [0.1, 0.15) is 0 Å². The minimum absolute atomic E-state index is 0.103. The second-order valence-electron chi connectivity index (χ2n) is 5.40. The van der Waals surface area contributed by atoms with Crippen LogP contribution in [0.15, 0.2) is 18.2 Å². The molecule has 2 rings (SSSR count). The molecule has 0 aromatic heterocycles. The third-order valence-electron chi connectivity index (χ3n) is 3.72. The van der Waals surface area contributed by atoms with E-state index in [1.165, 1.54) is 11.1 Å². The number of hydrogen-bond acceptors (Lipinski definition) is 2. The Kier molecular flexibility index (Phi) is 4.10. The van der Waals surface area contributed by atoms with Crippen molar-refractivity contribution in [3.05, 3.63) is 29.3 Å². The Hall–Kier alpha value is -1.55. The minimum Gasteiger partial charge on any atom is -0.323 e. The highest BCUT2D eigenvalue weighted by atomic mass is 16.2. The summed E-state index contributed by atoms with van der Waals surface area (Å²) in [6, 6.07) is 6.69. The highest BCUT2D eigenvalue weighted by Crippen LogP contribution is 2.26. The number of likely N-dealkylation sites (N-methyl/N-ethyl adjacent to an activating group) is 1. The molecule has 1 aliphatic heterocycles. The van der Waals surface area contributed by atoms with Crippen molar-refractivity contribution >= 4 is 11.7 Å². The topological polar surface area (TPSA) is 35.6 Å². The zero-order valence-electron chi connectivity index (χ0n) is 12.2. The maximum atomic E-state index is 12.3. The zero-order chi connectivity index (χ0) is 14.0. The van der Waals surface area contributed by atoms with Crippen LogP contribution in [0.1, 0.15) is 17.5 Å². The Morgan fingerprint density at radius 3 is 2.47 bits per heavy atom. The van der Waals surface area contributed by atoms with E-state index >= 15 is 0 Å². The van der Waals surface area contributed by atoms with E-state index in [4.69, 9.17) is 0 Å². The molecule has 2 amide bonds. The van der Waals surface area contributed by atoms with E-state index in [1.807, 2.05) is 23.9 Å². The lowest BCUT2D eigenvalue weighted by Gasteiger charge is -2.17. The molecule has 0 radical (unpaired) electrons. The van der Waals surface area contributed by atoms with Crippen molar-refractivity contribution in [1.82, 2.24) is 10.2 Å². The SMILES string of the molecule is CNCCC1CN(c2cc(C)cc(C)c2)C(=O)N1C. The van der Waals surface area contributed by atoms with E-state index in [-0.39, 0.29) is 6.03 Å². The van der Waals surface area contributed by atoms with Crippen molar-refractivity contribution in [3.63, 3.8) is 0 Å². The molecule has 19 heavy (non-hydrogen) atoms. The summed E-state index contributed by atoms with van der Waals surface area (Å²) in [4.78, 5) is 16.1. The molecule has 4 nitrogen and oxygen atoms in total. The maximum Gasteiger partial charge on any atom is 0.324 e. The van der Waals surface area contributed by atoms with E-state index in [2.05, 4.69) is 37.4 Å². The number of amides is 2. The van der Waals surface area contributed by atoms with Gasteiger partial charge in [0.05, 0.1) is 6.04 Å². The highest BCUT2D eigenvalue weighted by Gasteiger charge is 2.34. The minimum atomic E-state index is 0.103. The molecule has 104 valence electrons. The first kappa shape index (κ1) is 13.9. The van der Waals surface area contributed by atoms with Gasteiger partial charge in [-0.05, 0) is 57.1 Å². The molecule has 0 aliphatic carbocycles. The third-order valence-corrected chi connectivity index (χ3v) is 3.72. The van der Waals surface area contributed by atoms with Crippen LogP contribution in [0.4, 0.5) is 10.5 Å². The van der Waals surface area contributed by atoms with Crippen LogP contribution in [-0.4, -0.2) is 44.2 Å². The quantitative estimate of drug-likeness (QED) is 0.901. The van der Waals surface area contributed by atoms with Crippen LogP contribution in [0.25, 0.3) is 0 Å². The van der Waals surface area contributed by atoms with E-state index < -0.39 is 0 Å². The van der Waals surface area contributed by atoms with Gasteiger partial charge in [-0.3, -0.25) is 4.90 Å². The van der Waals surface area contributed by atoms with Crippen LogP contribution in [0, 0.1) is 13.8 Å². The standard InChI is InChI=1S/C15H23N3O/c1-11-7-12(2)9-14(8-11)18-10-13(5-6-16-3)17(4)15(18)19/h7-9,13,16H,5-6,10H2,1-4H3. The van der Waals surface area contributed by atoms with Gasteiger partial charge in [0.25, 0.3) is 0 Å². The number of urea groups is 1. The van der Waals surface area contributed by atoms with Crippen molar-refractivity contribution in [2.75, 3.05) is 32.1 Å². The Bertz CT molecular complexity index is 452. The van der Waals surface area contributed by atoms with Crippen LogP contribution in [0.3, 0.4) is 0 Å². The van der Waals surface area contributed by atoms with Gasteiger partial charge in [0.2, 0.25) is 0 Å². The summed E-state index contributed by atoms with van der Waals surface area (Å²) in [5.74, 6) is 0. The summed E-state index contributed by atoms with van der Waals surface area (Å²) in [6.07, 6.45) is 0.986.